The number of nitrogen functional groups attached to an aromatic ring is 1. The Balaban J connectivity index is 2.45. The van der Waals surface area contributed by atoms with Crippen LogP contribution in [0.5, 0.6) is 5.75 Å². The number of anilines is 2. The average molecular weight is 266 g/mol. The lowest BCUT2D eigenvalue weighted by atomic mass is 10.1. The molecule has 0 fully saturated rings. The number of benzene rings is 1. The molecule has 0 heterocycles. The molecule has 4 nitrogen and oxygen atoms in total. The Bertz CT molecular complexity index is 369. The van der Waals surface area contributed by atoms with Crippen LogP contribution in [0.1, 0.15) is 33.1 Å². The Morgan fingerprint density at radius 2 is 2.21 bits per heavy atom. The van der Waals surface area contributed by atoms with Crippen molar-refractivity contribution in [1.29, 1.82) is 0 Å². The first-order valence-corrected chi connectivity index (χ1v) is 7.05. The molecule has 0 aliphatic heterocycles. The molecule has 19 heavy (non-hydrogen) atoms. The lowest BCUT2D eigenvalue weighted by Gasteiger charge is -2.14. The van der Waals surface area contributed by atoms with E-state index in [1.165, 1.54) is 0 Å². The van der Waals surface area contributed by atoms with E-state index < -0.39 is 0 Å². The van der Waals surface area contributed by atoms with Gasteiger partial charge in [0.1, 0.15) is 5.75 Å². The molecule has 0 aliphatic carbocycles. The first-order valence-electron chi connectivity index (χ1n) is 7.05. The van der Waals surface area contributed by atoms with Crippen molar-refractivity contribution in [3.05, 3.63) is 18.2 Å². The molecule has 0 spiro atoms. The Morgan fingerprint density at radius 3 is 2.89 bits per heavy atom. The molecule has 4 heteroatoms. The minimum atomic E-state index is 0.252. The molecule has 0 saturated carbocycles. The van der Waals surface area contributed by atoms with Gasteiger partial charge < -0.3 is 20.9 Å². The van der Waals surface area contributed by atoms with Crippen molar-refractivity contribution in [2.75, 3.05) is 30.8 Å². The van der Waals surface area contributed by atoms with Crippen molar-refractivity contribution in [1.82, 2.24) is 0 Å². The molecule has 0 aliphatic rings. The van der Waals surface area contributed by atoms with E-state index in [2.05, 4.69) is 12.2 Å². The van der Waals surface area contributed by atoms with E-state index in [4.69, 9.17) is 15.6 Å². The number of hydrogen-bond acceptors (Lipinski definition) is 4. The van der Waals surface area contributed by atoms with Crippen LogP contribution in [0.25, 0.3) is 0 Å². The summed E-state index contributed by atoms with van der Waals surface area (Å²) in [6.45, 7) is 5.91. The third-order valence-corrected chi connectivity index (χ3v) is 3.03. The van der Waals surface area contributed by atoms with Gasteiger partial charge in [0.25, 0.3) is 0 Å². The predicted octanol–water partition coefficient (Wildman–Crippen LogP) is 2.88. The molecule has 4 N–H and O–H groups in total. The molecule has 0 aromatic heterocycles. The molecule has 1 aromatic carbocycles. The summed E-state index contributed by atoms with van der Waals surface area (Å²) >= 11 is 0. The molecule has 0 saturated heterocycles. The van der Waals surface area contributed by atoms with Gasteiger partial charge in [-0.05, 0) is 37.3 Å². The number of hydrogen-bond donors (Lipinski definition) is 3. The number of rotatable bonds is 9. The van der Waals surface area contributed by atoms with Gasteiger partial charge >= 0.3 is 0 Å². The summed E-state index contributed by atoms with van der Waals surface area (Å²) in [6, 6.07) is 5.80. The first kappa shape index (κ1) is 15.6. The summed E-state index contributed by atoms with van der Waals surface area (Å²) in [5, 5.41) is 12.3. The number of nitrogens with two attached hydrogens (primary N) is 1. The molecular formula is C15H26N2O2. The molecule has 108 valence electrons. The van der Waals surface area contributed by atoms with E-state index >= 15 is 0 Å². The van der Waals surface area contributed by atoms with Crippen molar-refractivity contribution >= 4 is 11.4 Å². The van der Waals surface area contributed by atoms with Crippen LogP contribution in [0.4, 0.5) is 11.4 Å². The Kier molecular flexibility index (Phi) is 7.11. The number of ether oxygens (including phenoxy) is 1. The van der Waals surface area contributed by atoms with Gasteiger partial charge in [-0.15, -0.1) is 0 Å². The standard InChI is InChI=1S/C15H26N2O2/c1-3-10-19-14-8-4-7-13(15(14)16)17-9-5-6-12(2)11-18/h4,7-8,12,17-18H,3,5-6,9-11,16H2,1-2H3. The van der Waals surface area contributed by atoms with Gasteiger partial charge in [0.15, 0.2) is 0 Å². The summed E-state index contributed by atoms with van der Waals surface area (Å²) in [6.07, 6.45) is 2.99. The lowest BCUT2D eigenvalue weighted by molar-refractivity contribution is 0.229. The highest BCUT2D eigenvalue weighted by Crippen LogP contribution is 2.29. The van der Waals surface area contributed by atoms with Crippen molar-refractivity contribution in [2.24, 2.45) is 5.92 Å². The zero-order chi connectivity index (χ0) is 14.1. The summed E-state index contributed by atoms with van der Waals surface area (Å²) in [5.74, 6) is 1.11. The van der Waals surface area contributed by atoms with Crippen molar-refractivity contribution in [3.8, 4) is 5.75 Å². The fourth-order valence-corrected chi connectivity index (χ4v) is 1.80. The van der Waals surface area contributed by atoms with E-state index in [0.29, 0.717) is 18.2 Å². The second-order valence-electron chi connectivity index (χ2n) is 4.92. The second-order valence-corrected chi connectivity index (χ2v) is 4.92. The number of aliphatic hydroxyl groups is 1. The van der Waals surface area contributed by atoms with Gasteiger partial charge in [0, 0.05) is 13.2 Å². The van der Waals surface area contributed by atoms with E-state index in [1.54, 1.807) is 0 Å². The van der Waals surface area contributed by atoms with Gasteiger partial charge in [-0.1, -0.05) is 19.9 Å². The monoisotopic (exact) mass is 266 g/mol. The molecule has 0 bridgehead atoms. The normalized spacial score (nSPS) is 12.2. The van der Waals surface area contributed by atoms with Crippen LogP contribution in [0.2, 0.25) is 0 Å². The van der Waals surface area contributed by atoms with Crippen LogP contribution < -0.4 is 15.8 Å². The fourth-order valence-electron chi connectivity index (χ4n) is 1.80. The highest BCUT2D eigenvalue weighted by atomic mass is 16.5. The van der Waals surface area contributed by atoms with Crippen LogP contribution in [0.3, 0.4) is 0 Å². The minimum Gasteiger partial charge on any atom is -0.491 e. The molecule has 0 radical (unpaired) electrons. The smallest absolute Gasteiger partial charge is 0.144 e. The maximum Gasteiger partial charge on any atom is 0.144 e. The maximum absolute atomic E-state index is 8.96. The van der Waals surface area contributed by atoms with Gasteiger partial charge in [0.2, 0.25) is 0 Å². The summed E-state index contributed by atoms with van der Waals surface area (Å²) in [4.78, 5) is 0. The van der Waals surface area contributed by atoms with E-state index in [0.717, 1.165) is 37.2 Å². The average Bonchev–Trinajstić information content (AvgIpc) is 2.43. The van der Waals surface area contributed by atoms with Crippen LogP contribution in [0.15, 0.2) is 18.2 Å². The number of aliphatic hydroxyl groups excluding tert-OH is 1. The number of nitrogens with one attached hydrogen (secondary N) is 1. The molecular weight excluding hydrogens is 240 g/mol. The third kappa shape index (κ3) is 5.39. The zero-order valence-corrected chi connectivity index (χ0v) is 12.0. The van der Waals surface area contributed by atoms with E-state index in [1.807, 2.05) is 25.1 Å². The lowest BCUT2D eigenvalue weighted by Crippen LogP contribution is -2.08. The summed E-state index contributed by atoms with van der Waals surface area (Å²) in [5.41, 5.74) is 7.66. The zero-order valence-electron chi connectivity index (χ0n) is 12.0. The SMILES string of the molecule is CCCOc1cccc(NCCCC(C)CO)c1N. The predicted molar refractivity (Wildman–Crippen MR) is 80.6 cm³/mol. The summed E-state index contributed by atoms with van der Waals surface area (Å²) < 4.78 is 5.59. The maximum atomic E-state index is 8.96. The summed E-state index contributed by atoms with van der Waals surface area (Å²) in [7, 11) is 0. The third-order valence-electron chi connectivity index (χ3n) is 3.03. The molecule has 1 unspecified atom stereocenters. The Labute approximate surface area is 116 Å². The van der Waals surface area contributed by atoms with Crippen LogP contribution >= 0.6 is 0 Å². The molecule has 0 amide bonds. The Morgan fingerprint density at radius 1 is 1.42 bits per heavy atom. The van der Waals surface area contributed by atoms with Crippen LogP contribution in [0, 0.1) is 5.92 Å². The quantitative estimate of drug-likeness (QED) is 0.475. The van der Waals surface area contributed by atoms with Crippen LogP contribution in [-0.2, 0) is 0 Å². The van der Waals surface area contributed by atoms with Gasteiger partial charge in [-0.2, -0.15) is 0 Å². The first-order chi connectivity index (χ1) is 9.19. The molecule has 1 aromatic rings. The largest absolute Gasteiger partial charge is 0.491 e. The molecule has 1 atom stereocenters. The van der Waals surface area contributed by atoms with Crippen LogP contribution in [-0.4, -0.2) is 24.9 Å². The number of para-hydroxylation sites is 1. The van der Waals surface area contributed by atoms with Gasteiger partial charge in [-0.25, -0.2) is 0 Å². The highest BCUT2D eigenvalue weighted by molar-refractivity contribution is 5.72. The second kappa shape index (κ2) is 8.64. The van der Waals surface area contributed by atoms with Gasteiger partial charge in [-0.3, -0.25) is 0 Å². The van der Waals surface area contributed by atoms with Crippen molar-refractivity contribution in [2.45, 2.75) is 33.1 Å². The fraction of sp³-hybridized carbons (Fsp3) is 0.600. The van der Waals surface area contributed by atoms with Crippen molar-refractivity contribution in [3.63, 3.8) is 0 Å². The van der Waals surface area contributed by atoms with E-state index in [-0.39, 0.29) is 6.61 Å². The topological polar surface area (TPSA) is 67.5 Å². The van der Waals surface area contributed by atoms with Crippen molar-refractivity contribution < 1.29 is 9.84 Å². The molecule has 1 rings (SSSR count). The highest BCUT2D eigenvalue weighted by Gasteiger charge is 2.05. The minimum absolute atomic E-state index is 0.252. The Hall–Kier alpha value is -1.42. The van der Waals surface area contributed by atoms with Gasteiger partial charge in [0.05, 0.1) is 18.0 Å². The van der Waals surface area contributed by atoms with E-state index in [9.17, 15) is 0 Å².